The van der Waals surface area contributed by atoms with Gasteiger partial charge in [-0.2, -0.15) is 0 Å². The molecule has 0 aliphatic rings. The lowest BCUT2D eigenvalue weighted by atomic mass is 10.0. The predicted molar refractivity (Wildman–Crippen MR) is 94.7 cm³/mol. The molecule has 0 unspecified atom stereocenters. The van der Waals surface area contributed by atoms with Crippen molar-refractivity contribution >= 4 is 33.0 Å². The molecule has 118 valence electrons. The van der Waals surface area contributed by atoms with Gasteiger partial charge in [-0.15, -0.1) is 11.3 Å². The third-order valence-corrected chi connectivity index (χ3v) is 5.31. The second-order valence-corrected chi connectivity index (χ2v) is 6.53. The molecule has 0 fully saturated rings. The normalized spacial score (nSPS) is 11.0. The van der Waals surface area contributed by atoms with Crippen LogP contribution in [0.25, 0.3) is 10.2 Å². The minimum Gasteiger partial charge on any atom is -0.497 e. The summed E-state index contributed by atoms with van der Waals surface area (Å²) in [4.78, 5) is 18.8. The van der Waals surface area contributed by atoms with Crippen LogP contribution in [0.5, 0.6) is 5.75 Å². The molecule has 0 bridgehead atoms. The van der Waals surface area contributed by atoms with Gasteiger partial charge in [0.05, 0.1) is 12.8 Å². The lowest BCUT2D eigenvalue weighted by molar-refractivity contribution is 0.104. The van der Waals surface area contributed by atoms with Crippen LogP contribution in [0.15, 0.2) is 24.3 Å². The molecule has 0 saturated heterocycles. The Balaban J connectivity index is 2.18. The van der Waals surface area contributed by atoms with Crippen LogP contribution in [-0.4, -0.2) is 17.9 Å². The molecule has 0 aliphatic carbocycles. The number of methoxy groups -OCH3 is 1. The number of thiophene rings is 1. The standard InChI is InChI=1S/C18H18N2O2S/c1-9-10(2)14-15(19)17(23-18(14)20-11(9)3)16(21)12-6-5-7-13(8-12)22-4/h5-8H,19H2,1-4H3. The number of benzene rings is 1. The molecule has 0 saturated carbocycles. The van der Waals surface area contributed by atoms with Crippen molar-refractivity contribution in [3.8, 4) is 5.75 Å². The molecule has 1 aromatic carbocycles. The van der Waals surface area contributed by atoms with Gasteiger partial charge in [-0.05, 0) is 44.0 Å². The zero-order valence-electron chi connectivity index (χ0n) is 13.6. The van der Waals surface area contributed by atoms with Gasteiger partial charge in [-0.1, -0.05) is 12.1 Å². The highest BCUT2D eigenvalue weighted by atomic mass is 32.1. The van der Waals surface area contributed by atoms with E-state index in [0.29, 0.717) is 21.9 Å². The number of carbonyl (C=O) groups excluding carboxylic acids is 1. The summed E-state index contributed by atoms with van der Waals surface area (Å²) >= 11 is 1.35. The Kier molecular flexibility index (Phi) is 3.82. The van der Waals surface area contributed by atoms with Gasteiger partial charge >= 0.3 is 0 Å². The van der Waals surface area contributed by atoms with Crippen molar-refractivity contribution in [3.05, 3.63) is 51.5 Å². The first-order valence-electron chi connectivity index (χ1n) is 7.28. The number of rotatable bonds is 3. The molecule has 2 heterocycles. The quantitative estimate of drug-likeness (QED) is 0.738. The van der Waals surface area contributed by atoms with Crippen LogP contribution in [0.2, 0.25) is 0 Å². The van der Waals surface area contributed by atoms with Gasteiger partial charge in [-0.3, -0.25) is 4.79 Å². The van der Waals surface area contributed by atoms with Crippen LogP contribution in [0.4, 0.5) is 5.69 Å². The summed E-state index contributed by atoms with van der Waals surface area (Å²) in [5.41, 5.74) is 10.5. The molecular weight excluding hydrogens is 308 g/mol. The average molecular weight is 326 g/mol. The van der Waals surface area contributed by atoms with Crippen molar-refractivity contribution in [1.29, 1.82) is 0 Å². The summed E-state index contributed by atoms with van der Waals surface area (Å²) in [6, 6.07) is 7.10. The van der Waals surface area contributed by atoms with Crippen LogP contribution in [0.1, 0.15) is 32.1 Å². The summed E-state index contributed by atoms with van der Waals surface area (Å²) in [6.07, 6.45) is 0. The largest absolute Gasteiger partial charge is 0.497 e. The number of pyridine rings is 1. The lowest BCUT2D eigenvalue weighted by Gasteiger charge is -2.06. The van der Waals surface area contributed by atoms with Crippen molar-refractivity contribution < 1.29 is 9.53 Å². The highest BCUT2D eigenvalue weighted by molar-refractivity contribution is 7.21. The zero-order chi connectivity index (χ0) is 16.7. The first-order chi connectivity index (χ1) is 10.9. The van der Waals surface area contributed by atoms with E-state index in [2.05, 4.69) is 4.98 Å². The number of nitrogens with zero attached hydrogens (tertiary/aromatic N) is 1. The molecule has 3 rings (SSSR count). The molecular formula is C18H18N2O2S. The van der Waals surface area contributed by atoms with E-state index in [4.69, 9.17) is 10.5 Å². The molecule has 3 aromatic rings. The fourth-order valence-electron chi connectivity index (χ4n) is 2.63. The summed E-state index contributed by atoms with van der Waals surface area (Å²) in [7, 11) is 1.58. The monoisotopic (exact) mass is 326 g/mol. The molecule has 0 aliphatic heterocycles. The molecule has 0 spiro atoms. The third kappa shape index (κ3) is 2.47. The summed E-state index contributed by atoms with van der Waals surface area (Å²) in [6.45, 7) is 6.02. The van der Waals surface area contributed by atoms with Crippen LogP contribution in [0.3, 0.4) is 0 Å². The highest BCUT2D eigenvalue weighted by Gasteiger charge is 2.21. The van der Waals surface area contributed by atoms with Crippen molar-refractivity contribution in [3.63, 3.8) is 0 Å². The number of nitrogen functional groups attached to an aromatic ring is 1. The molecule has 2 aromatic heterocycles. The maximum Gasteiger partial charge on any atom is 0.205 e. The molecule has 23 heavy (non-hydrogen) atoms. The number of anilines is 1. The zero-order valence-corrected chi connectivity index (χ0v) is 14.4. The van der Waals surface area contributed by atoms with E-state index in [1.54, 1.807) is 25.3 Å². The van der Waals surface area contributed by atoms with Crippen LogP contribution in [-0.2, 0) is 0 Å². The number of carbonyl (C=O) groups is 1. The minimum absolute atomic E-state index is 0.0980. The molecule has 4 nitrogen and oxygen atoms in total. The van der Waals surface area contributed by atoms with Crippen LogP contribution in [0, 0.1) is 20.8 Å². The number of ether oxygens (including phenoxy) is 1. The van der Waals surface area contributed by atoms with E-state index in [-0.39, 0.29) is 5.78 Å². The Hall–Kier alpha value is -2.40. The van der Waals surface area contributed by atoms with E-state index in [0.717, 1.165) is 27.0 Å². The van der Waals surface area contributed by atoms with E-state index < -0.39 is 0 Å². The lowest BCUT2D eigenvalue weighted by Crippen LogP contribution is -2.02. The summed E-state index contributed by atoms with van der Waals surface area (Å²) in [5.74, 6) is 0.552. The second kappa shape index (κ2) is 5.66. The molecule has 0 amide bonds. The van der Waals surface area contributed by atoms with Crippen LogP contribution >= 0.6 is 11.3 Å². The smallest absolute Gasteiger partial charge is 0.205 e. The first-order valence-corrected chi connectivity index (χ1v) is 8.10. The minimum atomic E-state index is -0.0980. The molecule has 0 radical (unpaired) electrons. The maximum atomic E-state index is 12.8. The van der Waals surface area contributed by atoms with Gasteiger partial charge < -0.3 is 10.5 Å². The topological polar surface area (TPSA) is 65.2 Å². The number of aryl methyl sites for hydroxylation is 2. The van der Waals surface area contributed by atoms with Crippen molar-refractivity contribution in [1.82, 2.24) is 4.98 Å². The number of hydrogen-bond acceptors (Lipinski definition) is 5. The Morgan fingerprint density at radius 1 is 1.22 bits per heavy atom. The SMILES string of the molecule is COc1cccc(C(=O)c2sc3nc(C)c(C)c(C)c3c2N)c1. The number of hydrogen-bond donors (Lipinski definition) is 1. The van der Waals surface area contributed by atoms with E-state index in [9.17, 15) is 4.79 Å². The van der Waals surface area contributed by atoms with Gasteiger partial charge in [0.25, 0.3) is 0 Å². The number of ketones is 1. The van der Waals surface area contributed by atoms with E-state index in [1.165, 1.54) is 11.3 Å². The van der Waals surface area contributed by atoms with Gasteiger partial charge in [0.1, 0.15) is 15.5 Å². The molecule has 0 atom stereocenters. The third-order valence-electron chi connectivity index (χ3n) is 4.21. The maximum absolute atomic E-state index is 12.8. The predicted octanol–water partition coefficient (Wildman–Crippen LogP) is 4.04. The van der Waals surface area contributed by atoms with E-state index >= 15 is 0 Å². The van der Waals surface area contributed by atoms with Gasteiger partial charge in [0.15, 0.2) is 0 Å². The van der Waals surface area contributed by atoms with Crippen LogP contribution < -0.4 is 10.5 Å². The summed E-state index contributed by atoms with van der Waals surface area (Å²) in [5, 5.41) is 0.893. The van der Waals surface area contributed by atoms with Crippen molar-refractivity contribution in [2.45, 2.75) is 20.8 Å². The Bertz CT molecular complexity index is 928. The number of fused-ring (bicyclic) bond motifs is 1. The molecule has 5 heteroatoms. The summed E-state index contributed by atoms with van der Waals surface area (Å²) < 4.78 is 5.19. The fourth-order valence-corrected chi connectivity index (χ4v) is 3.80. The second-order valence-electron chi connectivity index (χ2n) is 5.53. The molecule has 2 N–H and O–H groups in total. The van der Waals surface area contributed by atoms with Gasteiger partial charge in [0.2, 0.25) is 5.78 Å². The first kappa shape index (κ1) is 15.5. The Morgan fingerprint density at radius 3 is 2.65 bits per heavy atom. The number of aromatic nitrogens is 1. The highest BCUT2D eigenvalue weighted by Crippen LogP contribution is 2.37. The fraction of sp³-hybridized carbons (Fsp3) is 0.222. The number of nitrogens with two attached hydrogens (primary N) is 1. The average Bonchev–Trinajstić information content (AvgIpc) is 2.88. The van der Waals surface area contributed by atoms with Crippen molar-refractivity contribution in [2.24, 2.45) is 0 Å². The van der Waals surface area contributed by atoms with E-state index in [1.807, 2.05) is 26.8 Å². The van der Waals surface area contributed by atoms with Crippen molar-refractivity contribution in [2.75, 3.05) is 12.8 Å². The van der Waals surface area contributed by atoms with Gasteiger partial charge in [-0.25, -0.2) is 4.98 Å². The van der Waals surface area contributed by atoms with Gasteiger partial charge in [0, 0.05) is 16.6 Å². The Labute approximate surface area is 138 Å². The Morgan fingerprint density at radius 2 is 1.96 bits per heavy atom.